The molecule has 4 heteroatoms. The molecule has 3 aromatic carbocycles. The van der Waals surface area contributed by atoms with Crippen molar-refractivity contribution in [2.45, 2.75) is 44.8 Å². The standard InChI is InChI=1S/C26H29BrO2Si/c1-26(2,3)30(4,5)28-17-22(18-10-7-6-8-11-18)20-12-9-13-24-25(20)21-16-19(27)14-15-23(21)29-24/h6-16,22H,17H2,1-5H3. The van der Waals surface area contributed by atoms with Crippen LogP contribution in [0, 0.1) is 0 Å². The number of hydrogen-bond acceptors (Lipinski definition) is 2. The summed E-state index contributed by atoms with van der Waals surface area (Å²) in [7, 11) is -1.88. The molecule has 0 bridgehead atoms. The summed E-state index contributed by atoms with van der Waals surface area (Å²) in [6, 6.07) is 23.3. The largest absolute Gasteiger partial charge is 0.456 e. The molecule has 30 heavy (non-hydrogen) atoms. The van der Waals surface area contributed by atoms with Crippen LogP contribution in [-0.2, 0) is 4.43 Å². The van der Waals surface area contributed by atoms with Crippen molar-refractivity contribution in [2.75, 3.05) is 6.61 Å². The van der Waals surface area contributed by atoms with Crippen molar-refractivity contribution < 1.29 is 8.84 Å². The molecule has 2 nitrogen and oxygen atoms in total. The maximum atomic E-state index is 6.73. The first-order valence-corrected chi connectivity index (χ1v) is 14.2. The van der Waals surface area contributed by atoms with E-state index in [0.717, 1.165) is 21.0 Å². The molecule has 4 aromatic rings. The highest BCUT2D eigenvalue weighted by Gasteiger charge is 2.38. The van der Waals surface area contributed by atoms with E-state index in [1.54, 1.807) is 0 Å². The van der Waals surface area contributed by atoms with Crippen LogP contribution in [0.15, 0.2) is 75.6 Å². The Morgan fingerprint density at radius 2 is 1.67 bits per heavy atom. The summed E-state index contributed by atoms with van der Waals surface area (Å²) in [6.07, 6.45) is 0. The van der Waals surface area contributed by atoms with E-state index in [9.17, 15) is 0 Å². The molecule has 1 heterocycles. The summed E-state index contributed by atoms with van der Waals surface area (Å²) in [4.78, 5) is 0. The van der Waals surface area contributed by atoms with Crippen LogP contribution in [0.1, 0.15) is 37.8 Å². The molecule has 0 aliphatic heterocycles. The number of benzene rings is 3. The number of halogens is 1. The minimum absolute atomic E-state index is 0.142. The molecule has 1 atom stereocenters. The Labute approximate surface area is 188 Å². The molecule has 0 aliphatic rings. The normalized spacial score (nSPS) is 13.8. The van der Waals surface area contributed by atoms with E-state index in [1.165, 1.54) is 16.5 Å². The minimum atomic E-state index is -1.88. The van der Waals surface area contributed by atoms with Gasteiger partial charge in [-0.15, -0.1) is 0 Å². The Bertz CT molecular complexity index is 1170. The van der Waals surface area contributed by atoms with Crippen molar-refractivity contribution in [3.8, 4) is 0 Å². The van der Waals surface area contributed by atoms with Crippen LogP contribution in [0.5, 0.6) is 0 Å². The topological polar surface area (TPSA) is 22.4 Å². The highest BCUT2D eigenvalue weighted by atomic mass is 79.9. The molecule has 0 spiro atoms. The lowest BCUT2D eigenvalue weighted by atomic mass is 9.89. The van der Waals surface area contributed by atoms with Gasteiger partial charge in [-0.2, -0.15) is 0 Å². The number of furan rings is 1. The predicted molar refractivity (Wildman–Crippen MR) is 133 cm³/mol. The zero-order chi connectivity index (χ0) is 21.5. The smallest absolute Gasteiger partial charge is 0.192 e. The van der Waals surface area contributed by atoms with E-state index in [0.29, 0.717) is 6.61 Å². The summed E-state index contributed by atoms with van der Waals surface area (Å²) < 4.78 is 14.0. The van der Waals surface area contributed by atoms with Crippen molar-refractivity contribution in [2.24, 2.45) is 0 Å². The Morgan fingerprint density at radius 3 is 2.37 bits per heavy atom. The Morgan fingerprint density at radius 1 is 0.933 bits per heavy atom. The molecule has 0 aliphatic carbocycles. The van der Waals surface area contributed by atoms with Gasteiger partial charge in [-0.25, -0.2) is 0 Å². The maximum absolute atomic E-state index is 6.73. The number of rotatable bonds is 5. The van der Waals surface area contributed by atoms with Crippen LogP contribution in [0.4, 0.5) is 0 Å². The molecule has 0 saturated carbocycles. The zero-order valence-corrected chi connectivity index (χ0v) is 20.9. The van der Waals surface area contributed by atoms with Crippen molar-refractivity contribution >= 4 is 46.2 Å². The van der Waals surface area contributed by atoms with Gasteiger partial charge in [0.2, 0.25) is 0 Å². The third-order valence-corrected chi connectivity index (χ3v) is 11.5. The zero-order valence-electron chi connectivity index (χ0n) is 18.3. The third-order valence-electron chi connectivity index (χ3n) is 6.48. The van der Waals surface area contributed by atoms with Gasteiger partial charge in [-0.3, -0.25) is 0 Å². The summed E-state index contributed by atoms with van der Waals surface area (Å²) in [6.45, 7) is 12.2. The fourth-order valence-corrected chi connectivity index (χ4v) is 5.05. The van der Waals surface area contributed by atoms with Crippen molar-refractivity contribution in [1.82, 2.24) is 0 Å². The number of fused-ring (bicyclic) bond motifs is 3. The fourth-order valence-electron chi connectivity index (χ4n) is 3.68. The fraction of sp³-hybridized carbons (Fsp3) is 0.308. The monoisotopic (exact) mass is 480 g/mol. The van der Waals surface area contributed by atoms with Gasteiger partial charge in [-0.1, -0.05) is 79.2 Å². The second-order valence-corrected chi connectivity index (χ2v) is 15.2. The number of hydrogen-bond donors (Lipinski definition) is 0. The van der Waals surface area contributed by atoms with Crippen molar-refractivity contribution in [3.05, 3.63) is 82.3 Å². The lowest BCUT2D eigenvalue weighted by Gasteiger charge is -2.37. The highest BCUT2D eigenvalue weighted by molar-refractivity contribution is 9.10. The van der Waals surface area contributed by atoms with Gasteiger partial charge in [0.05, 0.1) is 0 Å². The van der Waals surface area contributed by atoms with Gasteiger partial charge in [0.25, 0.3) is 0 Å². The van der Waals surface area contributed by atoms with Crippen LogP contribution in [0.3, 0.4) is 0 Å². The second-order valence-electron chi connectivity index (χ2n) is 9.50. The lowest BCUT2D eigenvalue weighted by molar-refractivity contribution is 0.276. The van der Waals surface area contributed by atoms with E-state index in [-0.39, 0.29) is 11.0 Å². The molecule has 0 fully saturated rings. The van der Waals surface area contributed by atoms with Gasteiger partial charge in [0, 0.05) is 27.8 Å². The SMILES string of the molecule is CC(C)(C)[Si](C)(C)OCC(c1ccccc1)c1cccc2oc3ccc(Br)cc3c12. The first kappa shape index (κ1) is 21.4. The molecule has 0 amide bonds. The average Bonchev–Trinajstić information content (AvgIpc) is 3.06. The lowest BCUT2D eigenvalue weighted by Crippen LogP contribution is -2.41. The molecular weight excluding hydrogens is 452 g/mol. The minimum Gasteiger partial charge on any atom is -0.456 e. The summed E-state index contributed by atoms with van der Waals surface area (Å²) in [5, 5.41) is 2.50. The molecule has 1 aromatic heterocycles. The van der Waals surface area contributed by atoms with E-state index >= 15 is 0 Å². The molecule has 156 valence electrons. The molecule has 0 radical (unpaired) electrons. The van der Waals surface area contributed by atoms with E-state index < -0.39 is 8.32 Å². The Balaban J connectivity index is 1.86. The molecule has 0 N–H and O–H groups in total. The van der Waals surface area contributed by atoms with Crippen LogP contribution in [0.2, 0.25) is 18.1 Å². The first-order valence-electron chi connectivity index (χ1n) is 10.5. The molecule has 1 unspecified atom stereocenters. The van der Waals surface area contributed by atoms with Gasteiger partial charge in [0.15, 0.2) is 8.32 Å². The van der Waals surface area contributed by atoms with Crippen LogP contribution < -0.4 is 0 Å². The molecule has 0 saturated heterocycles. The van der Waals surface area contributed by atoms with Crippen LogP contribution in [-0.4, -0.2) is 14.9 Å². The van der Waals surface area contributed by atoms with Gasteiger partial charge < -0.3 is 8.84 Å². The van der Waals surface area contributed by atoms with Crippen molar-refractivity contribution in [1.29, 1.82) is 0 Å². The second kappa shape index (κ2) is 7.99. The first-order chi connectivity index (χ1) is 14.2. The average molecular weight is 482 g/mol. The predicted octanol–water partition coefficient (Wildman–Crippen LogP) is 8.50. The Kier molecular flexibility index (Phi) is 5.69. The highest BCUT2D eigenvalue weighted by Crippen LogP contribution is 2.41. The quantitative estimate of drug-likeness (QED) is 0.267. The third kappa shape index (κ3) is 4.01. The molecular formula is C26H29BrO2Si. The van der Waals surface area contributed by atoms with E-state index in [2.05, 4.69) is 104 Å². The van der Waals surface area contributed by atoms with Gasteiger partial charge in [-0.05, 0) is 53.5 Å². The summed E-state index contributed by atoms with van der Waals surface area (Å²) in [5.41, 5.74) is 4.37. The summed E-state index contributed by atoms with van der Waals surface area (Å²) in [5.74, 6) is 0.142. The molecule has 4 rings (SSSR count). The van der Waals surface area contributed by atoms with Gasteiger partial charge in [0.1, 0.15) is 11.2 Å². The van der Waals surface area contributed by atoms with Crippen LogP contribution >= 0.6 is 15.9 Å². The summed E-state index contributed by atoms with van der Waals surface area (Å²) >= 11 is 3.63. The van der Waals surface area contributed by atoms with Crippen molar-refractivity contribution in [3.63, 3.8) is 0 Å². The van der Waals surface area contributed by atoms with Crippen LogP contribution in [0.25, 0.3) is 21.9 Å². The van der Waals surface area contributed by atoms with Gasteiger partial charge >= 0.3 is 0 Å². The maximum Gasteiger partial charge on any atom is 0.192 e. The van der Waals surface area contributed by atoms with E-state index in [4.69, 9.17) is 8.84 Å². The Hall–Kier alpha value is -1.88. The van der Waals surface area contributed by atoms with E-state index in [1.807, 2.05) is 12.1 Å².